The average molecular weight is 280 g/mol. The number of terminal acetylenes is 1. The van der Waals surface area contributed by atoms with E-state index in [9.17, 15) is 4.79 Å². The molecule has 114 valence electrons. The van der Waals surface area contributed by atoms with E-state index in [2.05, 4.69) is 18.2 Å². The van der Waals surface area contributed by atoms with Crippen LogP contribution < -0.4 is 5.32 Å². The molecule has 4 heteroatoms. The maximum absolute atomic E-state index is 12.0. The van der Waals surface area contributed by atoms with Crippen LogP contribution in [0.5, 0.6) is 0 Å². The van der Waals surface area contributed by atoms with Gasteiger partial charge in [0.1, 0.15) is 5.60 Å². The molecule has 1 atom stereocenters. The molecule has 20 heavy (non-hydrogen) atoms. The second-order valence-corrected chi connectivity index (χ2v) is 6.42. The van der Waals surface area contributed by atoms with Gasteiger partial charge in [0.25, 0.3) is 0 Å². The van der Waals surface area contributed by atoms with Gasteiger partial charge in [-0.15, -0.1) is 6.42 Å². The van der Waals surface area contributed by atoms with Crippen molar-refractivity contribution in [3.05, 3.63) is 0 Å². The van der Waals surface area contributed by atoms with Gasteiger partial charge in [0.2, 0.25) is 0 Å². The third-order valence-electron chi connectivity index (χ3n) is 3.36. The van der Waals surface area contributed by atoms with Gasteiger partial charge in [-0.05, 0) is 40.0 Å². The van der Waals surface area contributed by atoms with Crippen LogP contribution in [0, 0.1) is 12.3 Å². The lowest BCUT2D eigenvalue weighted by Gasteiger charge is -2.34. The van der Waals surface area contributed by atoms with Crippen LogP contribution in [-0.2, 0) is 4.74 Å². The molecular weight excluding hydrogens is 252 g/mol. The number of carbonyl (C=O) groups is 1. The molecule has 1 saturated heterocycles. The number of hydrogen-bond donors (Lipinski definition) is 1. The first-order chi connectivity index (χ1) is 9.35. The Morgan fingerprint density at radius 2 is 2.05 bits per heavy atom. The number of nitrogens with one attached hydrogen (secondary N) is 1. The van der Waals surface area contributed by atoms with Gasteiger partial charge in [-0.1, -0.05) is 19.3 Å². The summed E-state index contributed by atoms with van der Waals surface area (Å²) in [6, 6.07) is 0.555. The third-order valence-corrected chi connectivity index (χ3v) is 3.36. The van der Waals surface area contributed by atoms with E-state index >= 15 is 0 Å². The Kier molecular flexibility index (Phi) is 6.35. The van der Waals surface area contributed by atoms with Gasteiger partial charge >= 0.3 is 6.09 Å². The van der Waals surface area contributed by atoms with Gasteiger partial charge in [-0.3, -0.25) is 0 Å². The summed E-state index contributed by atoms with van der Waals surface area (Å²) in [5.41, 5.74) is -0.429. The predicted octanol–water partition coefficient (Wildman–Crippen LogP) is 2.78. The van der Waals surface area contributed by atoms with Crippen LogP contribution in [0.2, 0.25) is 0 Å². The Labute approximate surface area is 123 Å². The summed E-state index contributed by atoms with van der Waals surface area (Å²) < 4.78 is 5.39. The van der Waals surface area contributed by atoms with Crippen molar-refractivity contribution >= 4 is 6.09 Å². The fourth-order valence-corrected chi connectivity index (χ4v) is 2.34. The van der Waals surface area contributed by atoms with Gasteiger partial charge < -0.3 is 15.0 Å². The maximum atomic E-state index is 12.0. The fourth-order valence-electron chi connectivity index (χ4n) is 2.34. The SMILES string of the molecule is C#CC(CCC)NC1CCN(C(=O)OC(C)(C)C)CC1. The Balaban J connectivity index is 2.36. The minimum Gasteiger partial charge on any atom is -0.444 e. The van der Waals surface area contributed by atoms with Crippen LogP contribution >= 0.6 is 0 Å². The molecule has 1 fully saturated rings. The zero-order valence-corrected chi connectivity index (χ0v) is 13.2. The minimum absolute atomic E-state index is 0.151. The molecule has 0 aromatic rings. The van der Waals surface area contributed by atoms with E-state index in [1.807, 2.05) is 20.8 Å². The molecule has 1 aliphatic heterocycles. The first-order valence-corrected chi connectivity index (χ1v) is 7.55. The molecule has 1 rings (SSSR count). The van der Waals surface area contributed by atoms with Gasteiger partial charge in [-0.25, -0.2) is 4.79 Å². The van der Waals surface area contributed by atoms with E-state index < -0.39 is 5.60 Å². The zero-order chi connectivity index (χ0) is 15.2. The second-order valence-electron chi connectivity index (χ2n) is 6.42. The van der Waals surface area contributed by atoms with Crippen molar-refractivity contribution in [1.82, 2.24) is 10.2 Å². The molecule has 0 spiro atoms. The average Bonchev–Trinajstić information content (AvgIpc) is 2.37. The fraction of sp³-hybridized carbons (Fsp3) is 0.812. The van der Waals surface area contributed by atoms with Crippen molar-refractivity contribution in [3.63, 3.8) is 0 Å². The Morgan fingerprint density at radius 3 is 2.50 bits per heavy atom. The molecule has 4 nitrogen and oxygen atoms in total. The first kappa shape index (κ1) is 16.8. The lowest BCUT2D eigenvalue weighted by molar-refractivity contribution is 0.0197. The van der Waals surface area contributed by atoms with E-state index in [1.165, 1.54) is 0 Å². The first-order valence-electron chi connectivity index (χ1n) is 7.55. The summed E-state index contributed by atoms with van der Waals surface area (Å²) in [7, 11) is 0. The van der Waals surface area contributed by atoms with Crippen LogP contribution in [0.15, 0.2) is 0 Å². The quantitative estimate of drug-likeness (QED) is 0.805. The van der Waals surface area contributed by atoms with E-state index in [-0.39, 0.29) is 12.1 Å². The Morgan fingerprint density at radius 1 is 1.45 bits per heavy atom. The van der Waals surface area contributed by atoms with Crippen molar-refractivity contribution in [1.29, 1.82) is 0 Å². The standard InChI is InChI=1S/C16H28N2O2/c1-6-8-13(7-2)17-14-9-11-18(12-10-14)15(19)20-16(3,4)5/h2,13-14,17H,6,8-12H2,1,3-5H3. The second kappa shape index (κ2) is 7.54. The van der Waals surface area contributed by atoms with Crippen LogP contribution in [0.25, 0.3) is 0 Å². The van der Waals surface area contributed by atoms with Crippen LogP contribution in [0.3, 0.4) is 0 Å². The van der Waals surface area contributed by atoms with Crippen LogP contribution in [0.4, 0.5) is 4.79 Å². The highest BCUT2D eigenvalue weighted by Crippen LogP contribution is 2.16. The highest BCUT2D eigenvalue weighted by Gasteiger charge is 2.27. The normalized spacial score (nSPS) is 18.4. The molecule has 1 aliphatic rings. The zero-order valence-electron chi connectivity index (χ0n) is 13.2. The number of likely N-dealkylation sites (tertiary alicyclic amines) is 1. The third kappa shape index (κ3) is 5.83. The minimum atomic E-state index is -0.429. The topological polar surface area (TPSA) is 41.6 Å². The smallest absolute Gasteiger partial charge is 0.410 e. The van der Waals surface area contributed by atoms with E-state index in [0.29, 0.717) is 6.04 Å². The largest absolute Gasteiger partial charge is 0.444 e. The number of rotatable bonds is 4. The molecule has 1 amide bonds. The summed E-state index contributed by atoms with van der Waals surface area (Å²) in [6.07, 6.45) is 9.26. The maximum Gasteiger partial charge on any atom is 0.410 e. The monoisotopic (exact) mass is 280 g/mol. The van der Waals surface area contributed by atoms with Crippen molar-refractivity contribution < 1.29 is 9.53 Å². The predicted molar refractivity (Wildman–Crippen MR) is 81.5 cm³/mol. The summed E-state index contributed by atoms with van der Waals surface area (Å²) in [4.78, 5) is 13.7. The molecule has 0 radical (unpaired) electrons. The summed E-state index contributed by atoms with van der Waals surface area (Å²) in [5.74, 6) is 2.80. The molecule has 0 aromatic heterocycles. The molecule has 0 aliphatic carbocycles. The number of amides is 1. The van der Waals surface area contributed by atoms with Crippen molar-refractivity contribution in [2.45, 2.75) is 71.1 Å². The van der Waals surface area contributed by atoms with Crippen LogP contribution in [0.1, 0.15) is 53.4 Å². The molecule has 0 aromatic carbocycles. The summed E-state index contributed by atoms with van der Waals surface area (Å²) in [6.45, 7) is 9.27. The number of hydrogen-bond acceptors (Lipinski definition) is 3. The Hall–Kier alpha value is -1.21. The van der Waals surface area contributed by atoms with E-state index in [0.717, 1.165) is 38.8 Å². The highest BCUT2D eigenvalue weighted by molar-refractivity contribution is 5.68. The van der Waals surface area contributed by atoms with Crippen LogP contribution in [-0.4, -0.2) is 41.8 Å². The number of nitrogens with zero attached hydrogens (tertiary/aromatic N) is 1. The molecular formula is C16H28N2O2. The van der Waals surface area contributed by atoms with E-state index in [4.69, 9.17) is 11.2 Å². The van der Waals surface area contributed by atoms with Crippen molar-refractivity contribution in [3.8, 4) is 12.3 Å². The molecule has 0 saturated carbocycles. The number of carbonyl (C=O) groups excluding carboxylic acids is 1. The summed E-state index contributed by atoms with van der Waals surface area (Å²) in [5, 5.41) is 3.50. The van der Waals surface area contributed by atoms with Gasteiger partial charge in [0.15, 0.2) is 0 Å². The Bertz CT molecular complexity index is 346. The molecule has 1 unspecified atom stereocenters. The number of ether oxygens (including phenoxy) is 1. The van der Waals surface area contributed by atoms with Crippen molar-refractivity contribution in [2.24, 2.45) is 0 Å². The van der Waals surface area contributed by atoms with Gasteiger partial charge in [0, 0.05) is 19.1 Å². The van der Waals surface area contributed by atoms with Crippen molar-refractivity contribution in [2.75, 3.05) is 13.1 Å². The van der Waals surface area contributed by atoms with Gasteiger partial charge in [0.05, 0.1) is 6.04 Å². The lowest BCUT2D eigenvalue weighted by Crippen LogP contribution is -2.48. The number of piperidine rings is 1. The molecule has 0 bridgehead atoms. The summed E-state index contributed by atoms with van der Waals surface area (Å²) >= 11 is 0. The lowest BCUT2D eigenvalue weighted by atomic mass is 10.0. The molecule has 1 heterocycles. The molecule has 1 N–H and O–H groups in total. The van der Waals surface area contributed by atoms with E-state index in [1.54, 1.807) is 4.90 Å². The highest BCUT2D eigenvalue weighted by atomic mass is 16.6. The van der Waals surface area contributed by atoms with Gasteiger partial charge in [-0.2, -0.15) is 0 Å².